The molecule has 2 aliphatic heterocycles. The van der Waals surface area contributed by atoms with Gasteiger partial charge in [0.25, 0.3) is 0 Å². The van der Waals surface area contributed by atoms with Gasteiger partial charge in [0.1, 0.15) is 16.8 Å². The normalized spacial score (nSPS) is 24.4. The number of hydrogen-bond acceptors (Lipinski definition) is 10. The zero-order valence-electron chi connectivity index (χ0n) is 20.5. The van der Waals surface area contributed by atoms with E-state index < -0.39 is 45.9 Å². The first-order valence-electron chi connectivity index (χ1n) is 11.5. The third-order valence-corrected chi connectivity index (χ3v) is 8.90. The molecule has 4 atom stereocenters. The fraction of sp³-hybridized carbons (Fsp3) is 0.609. The van der Waals surface area contributed by atoms with Crippen molar-refractivity contribution in [2.24, 2.45) is 11.3 Å². The Kier molecular flexibility index (Phi) is 11.1. The number of carbonyl (C=O) groups excluding carboxylic acids is 4. The second kappa shape index (κ2) is 13.2. The van der Waals surface area contributed by atoms with Gasteiger partial charge >= 0.3 is 36.8 Å². The molecule has 2 saturated heterocycles. The van der Waals surface area contributed by atoms with E-state index in [1.54, 1.807) is 31.4 Å². The number of β-lactam (4-membered cyclic amide) rings is 1. The van der Waals surface area contributed by atoms with Crippen molar-refractivity contribution in [3.8, 4) is 0 Å². The zero-order valence-corrected chi connectivity index (χ0v) is 22.1. The standard InChI is InChI=1S/C23H30N2O9S2.Li.H/c1-5-33-20(28)14(21(29)34-6-2)10-15-23(12-32-4,22(30)31)11-24-18(27)17(19(24)36-15)25(13(3)26)16-8-7-9-35-16;;/h7-9,14-15,17,19H,5-6,10-12H2,1-4H3,(H,30,31);;/t15?,17?,19-,23?;;/m1../s1. The van der Waals surface area contributed by atoms with Crippen molar-refractivity contribution in [3.05, 3.63) is 17.5 Å². The number of carboxylic acids is 1. The van der Waals surface area contributed by atoms with Gasteiger partial charge in [0.05, 0.1) is 24.8 Å². The van der Waals surface area contributed by atoms with Crippen LogP contribution in [0.2, 0.25) is 0 Å². The number of esters is 2. The minimum absolute atomic E-state index is 0. The summed E-state index contributed by atoms with van der Waals surface area (Å²) in [6.45, 7) is 4.21. The molecule has 1 aromatic rings. The van der Waals surface area contributed by atoms with E-state index >= 15 is 0 Å². The Hall–Kier alpha value is -2.04. The average Bonchev–Trinajstić information content (AvgIpc) is 3.35. The van der Waals surface area contributed by atoms with Crippen LogP contribution in [0.5, 0.6) is 0 Å². The van der Waals surface area contributed by atoms with E-state index in [0.717, 1.165) is 11.8 Å². The first-order chi connectivity index (χ1) is 17.1. The van der Waals surface area contributed by atoms with E-state index in [9.17, 15) is 29.1 Å². The van der Waals surface area contributed by atoms with Crippen molar-refractivity contribution in [2.75, 3.05) is 38.4 Å². The molecule has 0 aromatic carbocycles. The van der Waals surface area contributed by atoms with Gasteiger partial charge in [-0.1, -0.05) is 0 Å². The molecule has 37 heavy (non-hydrogen) atoms. The van der Waals surface area contributed by atoms with Crippen LogP contribution < -0.4 is 4.90 Å². The molecule has 1 N–H and O–H groups in total. The molecule has 2 aliphatic rings. The third-order valence-electron chi connectivity index (χ3n) is 6.27. The molecule has 0 saturated carbocycles. The SMILES string of the molecule is CCOC(=O)C(CC1S[C@@H]2C(N(C(C)=O)c3cccs3)C(=O)N2CC1(COC)C(=O)O)C(=O)OCC.[LiH]. The van der Waals surface area contributed by atoms with Gasteiger partial charge in [-0.15, -0.1) is 23.1 Å². The Labute approximate surface area is 235 Å². The topological polar surface area (TPSA) is 140 Å². The Bertz CT molecular complexity index is 990. The van der Waals surface area contributed by atoms with Crippen molar-refractivity contribution in [2.45, 2.75) is 43.9 Å². The van der Waals surface area contributed by atoms with E-state index in [0.29, 0.717) is 5.00 Å². The number of anilines is 1. The number of nitrogens with zero attached hydrogens (tertiary/aromatic N) is 2. The summed E-state index contributed by atoms with van der Waals surface area (Å²) in [5, 5.41) is 11.3. The molecule has 200 valence electrons. The quantitative estimate of drug-likeness (QED) is 0.183. The minimum atomic E-state index is -1.60. The van der Waals surface area contributed by atoms with E-state index in [2.05, 4.69) is 0 Å². The van der Waals surface area contributed by atoms with Crippen LogP contribution in [0, 0.1) is 11.3 Å². The van der Waals surface area contributed by atoms with Crippen LogP contribution in [0.15, 0.2) is 17.5 Å². The number of thioether (sulfide) groups is 1. The first-order valence-corrected chi connectivity index (χ1v) is 13.3. The number of thiophene rings is 1. The van der Waals surface area contributed by atoms with E-state index in [1.165, 1.54) is 35.2 Å². The Balaban J connectivity index is 0.00000481. The van der Waals surface area contributed by atoms with Crippen LogP contribution in [0.4, 0.5) is 5.00 Å². The van der Waals surface area contributed by atoms with E-state index in [-0.39, 0.29) is 63.5 Å². The van der Waals surface area contributed by atoms with Crippen LogP contribution in [-0.4, -0.2) is 109 Å². The number of aliphatic carboxylic acids is 1. The van der Waals surface area contributed by atoms with Gasteiger partial charge in [0, 0.05) is 25.8 Å². The monoisotopic (exact) mass is 550 g/mol. The van der Waals surface area contributed by atoms with Crippen molar-refractivity contribution >= 4 is 76.7 Å². The summed E-state index contributed by atoms with van der Waals surface area (Å²) in [5.74, 6) is -4.87. The molecule has 0 aliphatic carbocycles. The third kappa shape index (κ3) is 6.01. The van der Waals surface area contributed by atoms with Crippen LogP contribution in [0.25, 0.3) is 0 Å². The average molecular weight is 551 g/mol. The Morgan fingerprint density at radius 3 is 2.30 bits per heavy atom. The number of fused-ring (bicyclic) bond motifs is 1. The van der Waals surface area contributed by atoms with E-state index in [1.807, 2.05) is 0 Å². The first kappa shape index (κ1) is 31.2. The second-order valence-electron chi connectivity index (χ2n) is 8.45. The summed E-state index contributed by atoms with van der Waals surface area (Å²) in [4.78, 5) is 66.5. The summed E-state index contributed by atoms with van der Waals surface area (Å²) in [6, 6.07) is 2.66. The van der Waals surface area contributed by atoms with Gasteiger partial charge in [-0.05, 0) is 37.8 Å². The predicted octanol–water partition coefficient (Wildman–Crippen LogP) is 0.955. The molecule has 11 nitrogen and oxygen atoms in total. The Morgan fingerprint density at radius 2 is 1.84 bits per heavy atom. The van der Waals surface area contributed by atoms with Crippen LogP contribution in [-0.2, 0) is 38.2 Å². The predicted molar refractivity (Wildman–Crippen MR) is 139 cm³/mol. The summed E-state index contributed by atoms with van der Waals surface area (Å²) < 4.78 is 15.4. The van der Waals surface area contributed by atoms with Crippen LogP contribution >= 0.6 is 23.1 Å². The molecule has 0 bridgehead atoms. The van der Waals surface area contributed by atoms with Crippen molar-refractivity contribution in [1.29, 1.82) is 0 Å². The number of carbonyl (C=O) groups is 5. The molecule has 3 unspecified atom stereocenters. The molecule has 1 aromatic heterocycles. The Morgan fingerprint density at radius 1 is 1.22 bits per heavy atom. The van der Waals surface area contributed by atoms with Gasteiger partial charge in [0.15, 0.2) is 5.92 Å². The molecule has 3 rings (SSSR count). The molecule has 2 fully saturated rings. The molecule has 14 heteroatoms. The van der Waals surface area contributed by atoms with Crippen molar-refractivity contribution < 1.29 is 43.3 Å². The van der Waals surface area contributed by atoms with Crippen molar-refractivity contribution in [3.63, 3.8) is 0 Å². The van der Waals surface area contributed by atoms with Crippen molar-refractivity contribution in [1.82, 2.24) is 4.90 Å². The number of methoxy groups -OCH3 is 1. The van der Waals surface area contributed by atoms with Gasteiger partial charge < -0.3 is 24.2 Å². The molecular weight excluding hydrogens is 519 g/mol. The summed E-state index contributed by atoms with van der Waals surface area (Å²) in [6.07, 6.45) is -0.192. The molecule has 3 heterocycles. The van der Waals surface area contributed by atoms with Gasteiger partial charge in [0.2, 0.25) is 11.8 Å². The fourth-order valence-electron chi connectivity index (χ4n) is 4.59. The van der Waals surface area contributed by atoms with Gasteiger partial charge in [-0.25, -0.2) is 0 Å². The second-order valence-corrected chi connectivity index (χ2v) is 10.7. The molecule has 2 amide bonds. The number of carboxylic acid groups (broad SMARTS) is 1. The molecule has 0 spiro atoms. The summed E-state index contributed by atoms with van der Waals surface area (Å²) in [5.41, 5.74) is -1.60. The van der Waals surface area contributed by atoms with Crippen LogP contribution in [0.1, 0.15) is 27.2 Å². The van der Waals surface area contributed by atoms with Gasteiger partial charge in [-0.2, -0.15) is 0 Å². The van der Waals surface area contributed by atoms with Gasteiger partial charge in [-0.3, -0.25) is 28.9 Å². The van der Waals surface area contributed by atoms with E-state index in [4.69, 9.17) is 14.2 Å². The van der Waals surface area contributed by atoms with Crippen LogP contribution in [0.3, 0.4) is 0 Å². The maximum absolute atomic E-state index is 13.2. The zero-order chi connectivity index (χ0) is 26.6. The molecular formula is C23H31LiN2O9S2. The number of amides is 2. The number of hydrogen-bond donors (Lipinski definition) is 1. The molecule has 0 radical (unpaired) electrons. The summed E-state index contributed by atoms with van der Waals surface area (Å²) >= 11 is 2.46. The number of rotatable bonds is 11. The number of ether oxygens (including phenoxy) is 3. The maximum atomic E-state index is 13.2. The fourth-order valence-corrected chi connectivity index (χ4v) is 7.26. The summed E-state index contributed by atoms with van der Waals surface area (Å²) in [7, 11) is 1.35.